The van der Waals surface area contributed by atoms with Gasteiger partial charge < -0.3 is 14.7 Å². The predicted molar refractivity (Wildman–Crippen MR) is 152 cm³/mol. The largest absolute Gasteiger partial charge is 0.361 e. The van der Waals surface area contributed by atoms with Crippen molar-refractivity contribution in [3.8, 4) is 22.4 Å². The zero-order chi connectivity index (χ0) is 25.0. The topological polar surface area (TPSA) is 35.5 Å². The molecule has 5 aromatic rings. The molecule has 0 fully saturated rings. The van der Waals surface area contributed by atoms with E-state index >= 15 is 0 Å². The fraction of sp³-hybridized carbons (Fsp3) is 0.0625. The highest BCUT2D eigenvalue weighted by molar-refractivity contribution is 5.81. The Balaban J connectivity index is 1.41. The highest BCUT2D eigenvalue weighted by Crippen LogP contribution is 2.38. The molecule has 180 valence electrons. The third-order valence-corrected chi connectivity index (χ3v) is 6.48. The molecule has 0 spiro atoms. The molecule has 5 nitrogen and oxygen atoms in total. The minimum atomic E-state index is 0.831. The molecule has 3 heterocycles. The molecule has 3 aromatic carbocycles. The number of anilines is 4. The van der Waals surface area contributed by atoms with Gasteiger partial charge in [0.05, 0.1) is 12.4 Å². The minimum Gasteiger partial charge on any atom is -0.361 e. The van der Waals surface area contributed by atoms with Crippen molar-refractivity contribution in [1.29, 1.82) is 0 Å². The Hall–Kier alpha value is -4.90. The maximum atomic E-state index is 4.71. The van der Waals surface area contributed by atoms with Gasteiger partial charge in [0.2, 0.25) is 0 Å². The van der Waals surface area contributed by atoms with Crippen LogP contribution < -0.4 is 9.80 Å². The molecule has 37 heavy (non-hydrogen) atoms. The Labute approximate surface area is 217 Å². The molecule has 0 saturated carbocycles. The number of benzene rings is 3. The molecule has 0 aliphatic carbocycles. The first-order valence-corrected chi connectivity index (χ1v) is 12.3. The molecule has 0 radical (unpaired) electrons. The van der Waals surface area contributed by atoms with E-state index in [9.17, 15) is 0 Å². The van der Waals surface area contributed by atoms with Crippen LogP contribution in [0.2, 0.25) is 0 Å². The van der Waals surface area contributed by atoms with Gasteiger partial charge >= 0.3 is 0 Å². The second-order valence-electron chi connectivity index (χ2n) is 9.07. The second-order valence-corrected chi connectivity index (χ2v) is 9.07. The van der Waals surface area contributed by atoms with Crippen LogP contribution in [0.15, 0.2) is 134 Å². The van der Waals surface area contributed by atoms with Crippen molar-refractivity contribution in [1.82, 2.24) is 14.9 Å². The van der Waals surface area contributed by atoms with Crippen LogP contribution in [-0.2, 0) is 0 Å². The molecule has 0 atom stereocenters. The summed E-state index contributed by atoms with van der Waals surface area (Å²) in [5, 5.41) is 0. The van der Waals surface area contributed by atoms with Crippen LogP contribution in [0.1, 0.15) is 0 Å². The molecular weight excluding hydrogens is 454 g/mol. The summed E-state index contributed by atoms with van der Waals surface area (Å²) in [7, 11) is 2.08. The van der Waals surface area contributed by atoms with Gasteiger partial charge in [-0.25, -0.2) is 0 Å². The van der Waals surface area contributed by atoms with Crippen LogP contribution in [0.25, 0.3) is 22.4 Å². The Kier molecular flexibility index (Phi) is 6.09. The number of rotatable bonds is 6. The Morgan fingerprint density at radius 2 is 1.38 bits per heavy atom. The van der Waals surface area contributed by atoms with Crippen LogP contribution in [0.5, 0.6) is 0 Å². The highest BCUT2D eigenvalue weighted by Gasteiger charge is 2.17. The molecule has 2 aromatic heterocycles. The number of hydrogen-bond acceptors (Lipinski definition) is 5. The summed E-state index contributed by atoms with van der Waals surface area (Å²) in [5.41, 5.74) is 8.66. The summed E-state index contributed by atoms with van der Waals surface area (Å²) in [6, 6.07) is 35.9. The van der Waals surface area contributed by atoms with Gasteiger partial charge in [-0.3, -0.25) is 9.97 Å². The number of hydrogen-bond donors (Lipinski definition) is 0. The molecule has 5 heteroatoms. The summed E-state index contributed by atoms with van der Waals surface area (Å²) in [6.45, 7) is 0.831. The lowest BCUT2D eigenvalue weighted by Gasteiger charge is -2.27. The fourth-order valence-electron chi connectivity index (χ4n) is 4.65. The average molecular weight is 482 g/mol. The molecule has 1 aliphatic rings. The maximum absolute atomic E-state index is 4.71. The number of aromatic nitrogens is 2. The van der Waals surface area contributed by atoms with Gasteiger partial charge in [-0.05, 0) is 65.7 Å². The van der Waals surface area contributed by atoms with Gasteiger partial charge in [-0.2, -0.15) is 0 Å². The van der Waals surface area contributed by atoms with Crippen LogP contribution in [0.3, 0.4) is 0 Å². The van der Waals surface area contributed by atoms with Gasteiger partial charge in [0.25, 0.3) is 0 Å². The summed E-state index contributed by atoms with van der Waals surface area (Å²) in [4.78, 5) is 15.6. The second kappa shape index (κ2) is 9.99. The first kappa shape index (κ1) is 22.6. The lowest BCUT2D eigenvalue weighted by atomic mass is 10.0. The highest BCUT2D eigenvalue weighted by atomic mass is 15.3. The van der Waals surface area contributed by atoms with Gasteiger partial charge in [0.1, 0.15) is 0 Å². The average Bonchev–Trinajstić information content (AvgIpc) is 3.41. The lowest BCUT2D eigenvalue weighted by Crippen LogP contribution is -2.21. The third kappa shape index (κ3) is 4.80. The molecule has 1 aliphatic heterocycles. The molecule has 0 N–H and O–H groups in total. The summed E-state index contributed by atoms with van der Waals surface area (Å²) >= 11 is 0. The predicted octanol–water partition coefficient (Wildman–Crippen LogP) is 7.46. The van der Waals surface area contributed by atoms with E-state index in [0.717, 1.165) is 46.2 Å². The zero-order valence-corrected chi connectivity index (χ0v) is 20.6. The molecule has 0 amide bonds. The molecule has 0 bridgehead atoms. The summed E-state index contributed by atoms with van der Waals surface area (Å²) in [5.74, 6) is 0. The van der Waals surface area contributed by atoms with Crippen molar-refractivity contribution >= 4 is 22.7 Å². The van der Waals surface area contributed by atoms with Crippen molar-refractivity contribution in [2.45, 2.75) is 0 Å². The molecule has 6 rings (SSSR count). The zero-order valence-electron chi connectivity index (χ0n) is 20.6. The van der Waals surface area contributed by atoms with Crippen LogP contribution in [0.4, 0.5) is 22.7 Å². The van der Waals surface area contributed by atoms with Crippen LogP contribution in [0, 0.1) is 0 Å². The molecule has 0 unspecified atom stereocenters. The van der Waals surface area contributed by atoms with E-state index in [0.29, 0.717) is 0 Å². The van der Waals surface area contributed by atoms with Crippen molar-refractivity contribution < 1.29 is 0 Å². The van der Waals surface area contributed by atoms with Crippen LogP contribution in [-0.4, -0.2) is 28.6 Å². The van der Waals surface area contributed by atoms with Crippen molar-refractivity contribution in [3.63, 3.8) is 0 Å². The minimum absolute atomic E-state index is 0.831. The van der Waals surface area contributed by atoms with E-state index in [1.807, 2.05) is 36.8 Å². The van der Waals surface area contributed by atoms with Crippen LogP contribution >= 0.6 is 0 Å². The molecular formula is C32H27N5. The summed E-state index contributed by atoms with van der Waals surface area (Å²) in [6.07, 6.45) is 9.75. The summed E-state index contributed by atoms with van der Waals surface area (Å²) < 4.78 is 0. The van der Waals surface area contributed by atoms with E-state index in [1.165, 1.54) is 5.56 Å². The third-order valence-electron chi connectivity index (χ3n) is 6.48. The lowest BCUT2D eigenvalue weighted by molar-refractivity contribution is 0.496. The SMILES string of the molecule is CN1C=CN(c2cccc(N(c3ccncc3)c3cccc(-c4cc(-c5ccccc5)ccn4)c3)c2)C1. The smallest absolute Gasteiger partial charge is 0.0938 e. The Morgan fingerprint density at radius 3 is 2.16 bits per heavy atom. The Bertz CT molecular complexity index is 1530. The fourth-order valence-corrected chi connectivity index (χ4v) is 4.65. The van der Waals surface area contributed by atoms with Crippen molar-refractivity contribution in [2.24, 2.45) is 0 Å². The van der Waals surface area contributed by atoms with E-state index in [4.69, 9.17) is 4.98 Å². The van der Waals surface area contributed by atoms with E-state index in [2.05, 4.69) is 124 Å². The van der Waals surface area contributed by atoms with Gasteiger partial charge in [-0.15, -0.1) is 0 Å². The first-order valence-electron chi connectivity index (χ1n) is 12.3. The maximum Gasteiger partial charge on any atom is 0.0938 e. The monoisotopic (exact) mass is 481 g/mol. The van der Waals surface area contributed by atoms with Crippen molar-refractivity contribution in [3.05, 3.63) is 134 Å². The van der Waals surface area contributed by atoms with Gasteiger partial charge in [0, 0.05) is 66.4 Å². The number of nitrogens with zero attached hydrogens (tertiary/aromatic N) is 5. The van der Waals surface area contributed by atoms with E-state index < -0.39 is 0 Å². The quantitative estimate of drug-likeness (QED) is 0.251. The van der Waals surface area contributed by atoms with Crippen molar-refractivity contribution in [2.75, 3.05) is 23.5 Å². The van der Waals surface area contributed by atoms with E-state index in [-0.39, 0.29) is 0 Å². The van der Waals surface area contributed by atoms with E-state index in [1.54, 1.807) is 0 Å². The standard InChI is InChI=1S/C32H27N5/c1-35-19-20-36(24-35)29-10-6-12-31(23-29)37(28-14-16-33-17-15-28)30-11-5-9-27(21-30)32-22-26(13-18-34-32)25-7-3-2-4-8-25/h2-23H,24H2,1H3. The molecule has 0 saturated heterocycles. The normalized spacial score (nSPS) is 12.7. The van der Waals surface area contributed by atoms with Gasteiger partial charge in [0.15, 0.2) is 0 Å². The van der Waals surface area contributed by atoms with Gasteiger partial charge in [-0.1, -0.05) is 48.5 Å². The Morgan fingerprint density at radius 1 is 0.622 bits per heavy atom. The number of pyridine rings is 2. The first-order chi connectivity index (χ1) is 18.2.